The third-order valence-corrected chi connectivity index (χ3v) is 4.77. The van der Waals surface area contributed by atoms with Crippen LogP contribution in [0.5, 0.6) is 0 Å². The van der Waals surface area contributed by atoms with E-state index in [0.29, 0.717) is 12.8 Å². The largest absolute Gasteiger partial charge is 0.466 e. The third kappa shape index (κ3) is 12.5. The van der Waals surface area contributed by atoms with Crippen LogP contribution in [0.15, 0.2) is 0 Å². The van der Waals surface area contributed by atoms with Crippen molar-refractivity contribution in [3.05, 3.63) is 0 Å². The fourth-order valence-electron chi connectivity index (χ4n) is 2.67. The van der Waals surface area contributed by atoms with Crippen LogP contribution in [-0.2, 0) is 28.6 Å². The topological polar surface area (TPSA) is 99.1 Å². The van der Waals surface area contributed by atoms with Crippen LogP contribution >= 0.6 is 0 Å². The molecule has 7 nitrogen and oxygen atoms in total. The summed E-state index contributed by atoms with van der Waals surface area (Å²) < 4.78 is 15.4. The number of carbonyl (C=O) groups is 3. The van der Waals surface area contributed by atoms with Gasteiger partial charge in [-0.05, 0) is 25.2 Å². The summed E-state index contributed by atoms with van der Waals surface area (Å²) in [6.45, 7) is 8.56. The average molecular weight is 417 g/mol. The van der Waals surface area contributed by atoms with Crippen LogP contribution in [-0.4, -0.2) is 48.4 Å². The van der Waals surface area contributed by atoms with Crippen LogP contribution < -0.4 is 0 Å². The lowest BCUT2D eigenvalue weighted by Gasteiger charge is -2.25. The summed E-state index contributed by atoms with van der Waals surface area (Å²) in [7, 11) is 0. The molecule has 0 aromatic rings. The summed E-state index contributed by atoms with van der Waals surface area (Å²) in [5, 5.41) is 10.8. The SMILES string of the molecule is CCCCOC(=O)CC(O)(CC(=O)OCCCC)C(=O)OCC(CC)CCCC. The first-order valence-corrected chi connectivity index (χ1v) is 11.0. The normalized spacial score (nSPS) is 12.3. The van der Waals surface area contributed by atoms with Gasteiger partial charge in [0, 0.05) is 0 Å². The van der Waals surface area contributed by atoms with Crippen LogP contribution in [0, 0.1) is 5.92 Å². The van der Waals surface area contributed by atoms with Crippen molar-refractivity contribution in [3.63, 3.8) is 0 Å². The Kier molecular flexibility index (Phi) is 15.3. The van der Waals surface area contributed by atoms with E-state index in [1.807, 2.05) is 20.8 Å². The standard InChI is InChI=1S/C22H40O7/c1-5-9-12-18(8-4)17-29-21(25)22(26,15-19(23)27-13-10-6-2)16-20(24)28-14-11-7-3/h18,26H,5-17H2,1-4H3. The molecule has 0 aromatic carbocycles. The summed E-state index contributed by atoms with van der Waals surface area (Å²) in [6.07, 6.45) is 5.61. The first-order valence-electron chi connectivity index (χ1n) is 11.0. The van der Waals surface area contributed by atoms with Crippen molar-refractivity contribution >= 4 is 17.9 Å². The molecule has 1 N–H and O–H groups in total. The van der Waals surface area contributed by atoms with Gasteiger partial charge in [-0.3, -0.25) is 9.59 Å². The van der Waals surface area contributed by atoms with Gasteiger partial charge in [0.1, 0.15) is 0 Å². The Bertz CT molecular complexity index is 452. The number of ether oxygens (including phenoxy) is 3. The second kappa shape index (κ2) is 16.2. The number of hydrogen-bond acceptors (Lipinski definition) is 7. The summed E-state index contributed by atoms with van der Waals surface area (Å²) in [5.41, 5.74) is -2.28. The fraction of sp³-hybridized carbons (Fsp3) is 0.864. The van der Waals surface area contributed by atoms with E-state index in [1.54, 1.807) is 0 Å². The molecule has 7 heteroatoms. The molecule has 0 aliphatic carbocycles. The van der Waals surface area contributed by atoms with Crippen LogP contribution in [0.3, 0.4) is 0 Å². The van der Waals surface area contributed by atoms with Gasteiger partial charge in [0.2, 0.25) is 0 Å². The lowest BCUT2D eigenvalue weighted by Crippen LogP contribution is -2.45. The maximum atomic E-state index is 12.6. The van der Waals surface area contributed by atoms with Gasteiger partial charge in [0.25, 0.3) is 0 Å². The molecule has 1 atom stereocenters. The Balaban J connectivity index is 5.00. The summed E-state index contributed by atoms with van der Waals surface area (Å²) in [6, 6.07) is 0. The van der Waals surface area contributed by atoms with Gasteiger partial charge in [-0.2, -0.15) is 0 Å². The van der Waals surface area contributed by atoms with E-state index in [1.165, 1.54) is 0 Å². The van der Waals surface area contributed by atoms with Gasteiger partial charge in [-0.25, -0.2) is 4.79 Å². The van der Waals surface area contributed by atoms with Crippen molar-refractivity contribution in [2.24, 2.45) is 5.92 Å². The number of aliphatic hydroxyl groups is 1. The molecular weight excluding hydrogens is 376 g/mol. The van der Waals surface area contributed by atoms with E-state index in [4.69, 9.17) is 14.2 Å². The van der Waals surface area contributed by atoms with Gasteiger partial charge < -0.3 is 19.3 Å². The molecule has 0 heterocycles. The quantitative estimate of drug-likeness (QED) is 0.218. The highest BCUT2D eigenvalue weighted by molar-refractivity contribution is 5.90. The van der Waals surface area contributed by atoms with Crippen molar-refractivity contribution in [1.82, 2.24) is 0 Å². The molecule has 0 radical (unpaired) electrons. The predicted octanol–water partition coefficient (Wildman–Crippen LogP) is 3.94. The number of rotatable bonds is 17. The van der Waals surface area contributed by atoms with Crippen molar-refractivity contribution < 1.29 is 33.7 Å². The lowest BCUT2D eigenvalue weighted by molar-refractivity contribution is -0.179. The average Bonchev–Trinajstić information content (AvgIpc) is 2.68. The van der Waals surface area contributed by atoms with Crippen molar-refractivity contribution in [2.45, 2.75) is 97.5 Å². The molecule has 0 saturated heterocycles. The second-order valence-corrected chi connectivity index (χ2v) is 7.55. The Morgan fingerprint density at radius 3 is 1.69 bits per heavy atom. The van der Waals surface area contributed by atoms with Gasteiger partial charge in [0.15, 0.2) is 5.60 Å². The Morgan fingerprint density at radius 1 is 0.793 bits per heavy atom. The fourth-order valence-corrected chi connectivity index (χ4v) is 2.67. The molecule has 0 aliphatic heterocycles. The highest BCUT2D eigenvalue weighted by atomic mass is 16.6. The Labute approximate surface area is 175 Å². The number of carbonyl (C=O) groups excluding carboxylic acids is 3. The highest BCUT2D eigenvalue weighted by Crippen LogP contribution is 2.22. The summed E-state index contributed by atoms with van der Waals surface area (Å²) in [4.78, 5) is 36.7. The molecule has 170 valence electrons. The predicted molar refractivity (Wildman–Crippen MR) is 110 cm³/mol. The van der Waals surface area contributed by atoms with E-state index < -0.39 is 36.4 Å². The molecule has 29 heavy (non-hydrogen) atoms. The molecule has 0 amide bonds. The molecule has 0 aromatic heterocycles. The van der Waals surface area contributed by atoms with Crippen LogP contribution in [0.2, 0.25) is 0 Å². The van der Waals surface area contributed by atoms with Gasteiger partial charge in [0.05, 0.1) is 32.7 Å². The molecule has 0 aliphatic rings. The minimum absolute atomic E-state index is 0.146. The molecule has 0 spiro atoms. The van der Waals surface area contributed by atoms with Crippen molar-refractivity contribution in [1.29, 1.82) is 0 Å². The zero-order valence-corrected chi connectivity index (χ0v) is 18.7. The second-order valence-electron chi connectivity index (χ2n) is 7.55. The van der Waals surface area contributed by atoms with Crippen molar-refractivity contribution in [3.8, 4) is 0 Å². The maximum Gasteiger partial charge on any atom is 0.339 e. The molecule has 1 unspecified atom stereocenters. The van der Waals surface area contributed by atoms with E-state index in [2.05, 4.69) is 6.92 Å². The number of esters is 3. The lowest BCUT2D eigenvalue weighted by atomic mass is 9.95. The number of hydrogen-bond donors (Lipinski definition) is 1. The monoisotopic (exact) mass is 416 g/mol. The molecule has 0 bridgehead atoms. The molecule has 0 fully saturated rings. The molecule has 0 saturated carbocycles. The van der Waals surface area contributed by atoms with E-state index >= 15 is 0 Å². The van der Waals surface area contributed by atoms with Gasteiger partial charge >= 0.3 is 17.9 Å². The number of unbranched alkanes of at least 4 members (excludes halogenated alkanes) is 3. The van der Waals surface area contributed by atoms with Crippen LogP contribution in [0.25, 0.3) is 0 Å². The first kappa shape index (κ1) is 27.4. The van der Waals surface area contributed by atoms with Crippen LogP contribution in [0.1, 0.15) is 91.9 Å². The van der Waals surface area contributed by atoms with Crippen LogP contribution in [0.4, 0.5) is 0 Å². The Morgan fingerprint density at radius 2 is 1.28 bits per heavy atom. The smallest absolute Gasteiger partial charge is 0.339 e. The summed E-state index contributed by atoms with van der Waals surface area (Å²) in [5.74, 6) is -2.28. The van der Waals surface area contributed by atoms with E-state index in [-0.39, 0.29) is 25.7 Å². The summed E-state index contributed by atoms with van der Waals surface area (Å²) >= 11 is 0. The van der Waals surface area contributed by atoms with Gasteiger partial charge in [-0.1, -0.05) is 59.8 Å². The highest BCUT2D eigenvalue weighted by Gasteiger charge is 2.43. The van der Waals surface area contributed by atoms with Gasteiger partial charge in [-0.15, -0.1) is 0 Å². The maximum absolute atomic E-state index is 12.6. The minimum atomic E-state index is -2.28. The van der Waals surface area contributed by atoms with Crippen molar-refractivity contribution in [2.75, 3.05) is 19.8 Å². The molecule has 0 rings (SSSR count). The van der Waals surface area contributed by atoms with E-state index in [0.717, 1.165) is 38.5 Å². The molecular formula is C22H40O7. The minimum Gasteiger partial charge on any atom is -0.466 e. The first-order chi connectivity index (χ1) is 13.8. The zero-order valence-electron chi connectivity index (χ0n) is 18.7. The van der Waals surface area contributed by atoms with E-state index in [9.17, 15) is 19.5 Å². The third-order valence-electron chi connectivity index (χ3n) is 4.77. The Hall–Kier alpha value is -1.63. The zero-order chi connectivity index (χ0) is 22.1.